The van der Waals surface area contributed by atoms with Crippen LogP contribution in [0.15, 0.2) is 36.4 Å². The van der Waals surface area contributed by atoms with E-state index in [0.717, 1.165) is 12.3 Å². The zero-order chi connectivity index (χ0) is 14.5. The minimum atomic E-state index is 0.666. The smallest absolute Gasteiger partial charge is 0.125 e. The van der Waals surface area contributed by atoms with Crippen molar-refractivity contribution in [1.29, 1.82) is 0 Å². The molecular formula is C18H23NO. The van der Waals surface area contributed by atoms with Crippen molar-refractivity contribution < 1.29 is 4.74 Å². The highest BCUT2D eigenvalue weighted by Gasteiger charge is 2.06. The van der Waals surface area contributed by atoms with Gasteiger partial charge in [0.25, 0.3) is 0 Å². The Morgan fingerprint density at radius 1 is 0.850 bits per heavy atom. The highest BCUT2D eigenvalue weighted by atomic mass is 16.5. The average Bonchev–Trinajstić information content (AvgIpc) is 2.44. The van der Waals surface area contributed by atoms with Gasteiger partial charge in [-0.1, -0.05) is 30.3 Å². The van der Waals surface area contributed by atoms with Crippen molar-refractivity contribution in [3.05, 3.63) is 58.7 Å². The van der Waals surface area contributed by atoms with Crippen molar-refractivity contribution >= 4 is 5.69 Å². The van der Waals surface area contributed by atoms with E-state index in [2.05, 4.69) is 63.3 Å². The van der Waals surface area contributed by atoms with Crippen molar-refractivity contribution in [2.75, 3.05) is 18.5 Å². The standard InChI is InChI=1S/C18H23NO/c1-13-9-10-15(3)18(16(13)4)20-12-11-19-17-8-6-5-7-14(17)2/h5-10,19H,11-12H2,1-4H3. The molecule has 0 unspecified atom stereocenters. The van der Waals surface area contributed by atoms with Gasteiger partial charge in [-0.3, -0.25) is 0 Å². The zero-order valence-electron chi connectivity index (χ0n) is 12.8. The van der Waals surface area contributed by atoms with E-state index in [0.29, 0.717) is 6.61 Å². The summed E-state index contributed by atoms with van der Waals surface area (Å²) >= 11 is 0. The van der Waals surface area contributed by atoms with Crippen LogP contribution in [0.5, 0.6) is 5.75 Å². The highest BCUT2D eigenvalue weighted by Crippen LogP contribution is 2.25. The van der Waals surface area contributed by atoms with Crippen molar-refractivity contribution in [3.8, 4) is 5.75 Å². The van der Waals surface area contributed by atoms with Crippen LogP contribution in [-0.2, 0) is 0 Å². The van der Waals surface area contributed by atoms with Crippen molar-refractivity contribution in [2.24, 2.45) is 0 Å². The van der Waals surface area contributed by atoms with E-state index in [-0.39, 0.29) is 0 Å². The molecule has 0 bridgehead atoms. The first kappa shape index (κ1) is 14.4. The number of hydrogen-bond acceptors (Lipinski definition) is 2. The number of aryl methyl sites for hydroxylation is 3. The Bertz CT molecular complexity index is 590. The Morgan fingerprint density at radius 2 is 1.55 bits per heavy atom. The minimum absolute atomic E-state index is 0.666. The predicted molar refractivity (Wildman–Crippen MR) is 85.8 cm³/mol. The Labute approximate surface area is 121 Å². The van der Waals surface area contributed by atoms with E-state index in [9.17, 15) is 0 Å². The first-order valence-corrected chi connectivity index (χ1v) is 7.08. The first-order chi connectivity index (χ1) is 9.59. The SMILES string of the molecule is Cc1ccccc1NCCOc1c(C)ccc(C)c1C. The summed E-state index contributed by atoms with van der Waals surface area (Å²) in [4.78, 5) is 0. The quantitative estimate of drug-likeness (QED) is 0.812. The van der Waals surface area contributed by atoms with E-state index >= 15 is 0 Å². The largest absolute Gasteiger partial charge is 0.491 e. The van der Waals surface area contributed by atoms with Gasteiger partial charge >= 0.3 is 0 Å². The lowest BCUT2D eigenvalue weighted by Gasteiger charge is -2.15. The van der Waals surface area contributed by atoms with Crippen molar-refractivity contribution in [1.82, 2.24) is 0 Å². The molecule has 1 N–H and O–H groups in total. The van der Waals surface area contributed by atoms with Gasteiger partial charge in [0.1, 0.15) is 12.4 Å². The minimum Gasteiger partial charge on any atom is -0.491 e. The molecule has 2 nitrogen and oxygen atoms in total. The van der Waals surface area contributed by atoms with Crippen molar-refractivity contribution in [3.63, 3.8) is 0 Å². The fourth-order valence-corrected chi connectivity index (χ4v) is 2.26. The summed E-state index contributed by atoms with van der Waals surface area (Å²) in [6, 6.07) is 12.6. The predicted octanol–water partition coefficient (Wildman–Crippen LogP) is 4.41. The molecule has 2 aromatic carbocycles. The van der Waals surface area contributed by atoms with Gasteiger partial charge in [-0.25, -0.2) is 0 Å². The molecule has 0 heterocycles. The molecule has 106 valence electrons. The Morgan fingerprint density at radius 3 is 2.30 bits per heavy atom. The number of ether oxygens (including phenoxy) is 1. The number of rotatable bonds is 5. The van der Waals surface area contributed by atoms with Crippen LogP contribution in [0.3, 0.4) is 0 Å². The van der Waals surface area contributed by atoms with Gasteiger partial charge in [0.2, 0.25) is 0 Å². The third-order valence-corrected chi connectivity index (χ3v) is 3.68. The second-order valence-corrected chi connectivity index (χ2v) is 5.24. The zero-order valence-corrected chi connectivity index (χ0v) is 12.8. The van der Waals surface area contributed by atoms with Crippen LogP contribution in [0, 0.1) is 27.7 Å². The second kappa shape index (κ2) is 6.47. The normalized spacial score (nSPS) is 10.4. The Kier molecular flexibility index (Phi) is 4.67. The molecule has 0 fully saturated rings. The van der Waals surface area contributed by atoms with Gasteiger partial charge in [0, 0.05) is 12.2 Å². The molecule has 2 heteroatoms. The monoisotopic (exact) mass is 269 g/mol. The molecule has 0 aliphatic heterocycles. The summed E-state index contributed by atoms with van der Waals surface area (Å²) < 4.78 is 5.95. The summed E-state index contributed by atoms with van der Waals surface area (Å²) in [5.41, 5.74) is 6.14. The van der Waals surface area contributed by atoms with Crippen LogP contribution in [0.2, 0.25) is 0 Å². The van der Waals surface area contributed by atoms with E-state index in [4.69, 9.17) is 4.74 Å². The van der Waals surface area contributed by atoms with Gasteiger partial charge in [-0.05, 0) is 56.0 Å². The number of para-hydroxylation sites is 1. The lowest BCUT2D eigenvalue weighted by Crippen LogP contribution is -2.13. The molecule has 0 aliphatic rings. The molecule has 2 aromatic rings. The van der Waals surface area contributed by atoms with Crippen LogP contribution in [-0.4, -0.2) is 13.2 Å². The molecule has 0 spiro atoms. The Hall–Kier alpha value is -1.96. The fraction of sp³-hybridized carbons (Fsp3) is 0.333. The van der Waals surface area contributed by atoms with E-state index < -0.39 is 0 Å². The molecule has 0 aliphatic carbocycles. The van der Waals surface area contributed by atoms with Gasteiger partial charge in [0.05, 0.1) is 0 Å². The second-order valence-electron chi connectivity index (χ2n) is 5.24. The van der Waals surface area contributed by atoms with Crippen LogP contribution in [0.4, 0.5) is 5.69 Å². The van der Waals surface area contributed by atoms with Gasteiger partial charge in [0.15, 0.2) is 0 Å². The van der Waals surface area contributed by atoms with E-state index in [1.807, 2.05) is 6.07 Å². The van der Waals surface area contributed by atoms with Gasteiger partial charge in [-0.15, -0.1) is 0 Å². The molecule has 0 saturated heterocycles. The lowest BCUT2D eigenvalue weighted by atomic mass is 10.1. The van der Waals surface area contributed by atoms with Gasteiger partial charge in [-0.2, -0.15) is 0 Å². The van der Waals surface area contributed by atoms with Crippen LogP contribution >= 0.6 is 0 Å². The van der Waals surface area contributed by atoms with E-state index in [1.165, 1.54) is 27.9 Å². The number of anilines is 1. The third-order valence-electron chi connectivity index (χ3n) is 3.68. The summed E-state index contributed by atoms with van der Waals surface area (Å²) in [6.07, 6.45) is 0. The molecule has 0 radical (unpaired) electrons. The maximum Gasteiger partial charge on any atom is 0.125 e. The molecule has 0 saturated carbocycles. The average molecular weight is 269 g/mol. The molecule has 0 aromatic heterocycles. The van der Waals surface area contributed by atoms with Crippen molar-refractivity contribution in [2.45, 2.75) is 27.7 Å². The molecule has 20 heavy (non-hydrogen) atoms. The lowest BCUT2D eigenvalue weighted by molar-refractivity contribution is 0.328. The number of hydrogen-bond donors (Lipinski definition) is 1. The molecule has 2 rings (SSSR count). The molecule has 0 amide bonds. The molecule has 0 atom stereocenters. The summed E-state index contributed by atoms with van der Waals surface area (Å²) in [6.45, 7) is 9.91. The van der Waals surface area contributed by atoms with E-state index in [1.54, 1.807) is 0 Å². The maximum atomic E-state index is 5.95. The van der Waals surface area contributed by atoms with Crippen LogP contribution in [0.1, 0.15) is 22.3 Å². The summed E-state index contributed by atoms with van der Waals surface area (Å²) in [5, 5.41) is 3.41. The number of nitrogens with one attached hydrogen (secondary N) is 1. The van der Waals surface area contributed by atoms with Crippen LogP contribution < -0.4 is 10.1 Å². The van der Waals surface area contributed by atoms with Crippen LogP contribution in [0.25, 0.3) is 0 Å². The third kappa shape index (κ3) is 3.32. The maximum absolute atomic E-state index is 5.95. The fourth-order valence-electron chi connectivity index (χ4n) is 2.26. The molecular weight excluding hydrogens is 246 g/mol. The highest BCUT2D eigenvalue weighted by molar-refractivity contribution is 5.50. The number of benzene rings is 2. The topological polar surface area (TPSA) is 21.3 Å². The van der Waals surface area contributed by atoms with Gasteiger partial charge < -0.3 is 10.1 Å². The first-order valence-electron chi connectivity index (χ1n) is 7.08. The summed E-state index contributed by atoms with van der Waals surface area (Å²) in [5.74, 6) is 1.02. The Balaban J connectivity index is 1.91. The summed E-state index contributed by atoms with van der Waals surface area (Å²) in [7, 11) is 0.